The van der Waals surface area contributed by atoms with Crippen LogP contribution in [0.3, 0.4) is 0 Å². The molecule has 5 atom stereocenters. The van der Waals surface area contributed by atoms with Crippen LogP contribution in [0.1, 0.15) is 24.5 Å². The lowest BCUT2D eigenvalue weighted by atomic mass is 9.85. The number of hydrogen-bond acceptors (Lipinski definition) is 3. The molecule has 5 nitrogen and oxygen atoms in total. The van der Waals surface area contributed by atoms with Crippen molar-refractivity contribution in [1.82, 2.24) is 4.90 Å². The molecule has 136 valence electrons. The van der Waals surface area contributed by atoms with Gasteiger partial charge in [-0.3, -0.25) is 19.3 Å². The Morgan fingerprint density at radius 1 is 1.12 bits per heavy atom. The minimum Gasteiger partial charge on any atom is -0.324 e. The van der Waals surface area contributed by atoms with E-state index in [1.807, 2.05) is 26.0 Å². The zero-order chi connectivity index (χ0) is 18.7. The molecular weight excluding hydrogens is 396 g/mol. The summed E-state index contributed by atoms with van der Waals surface area (Å²) in [5.74, 6) is -0.965. The molecule has 1 saturated carbocycles. The van der Waals surface area contributed by atoms with Gasteiger partial charge in [-0.15, -0.1) is 0 Å². The summed E-state index contributed by atoms with van der Waals surface area (Å²) in [4.78, 5) is 39.6. The van der Waals surface area contributed by atoms with Crippen LogP contribution >= 0.6 is 15.9 Å². The van der Waals surface area contributed by atoms with Crippen molar-refractivity contribution in [1.29, 1.82) is 0 Å². The molecule has 1 aromatic carbocycles. The van der Waals surface area contributed by atoms with Crippen molar-refractivity contribution >= 4 is 39.3 Å². The van der Waals surface area contributed by atoms with Gasteiger partial charge in [-0.05, 0) is 62.3 Å². The number of fused-ring (bicyclic) bond motifs is 5. The molecule has 1 saturated heterocycles. The molecule has 4 rings (SSSR count). The largest absolute Gasteiger partial charge is 0.324 e. The summed E-state index contributed by atoms with van der Waals surface area (Å²) in [6.45, 7) is 5.48. The molecule has 1 aromatic rings. The summed E-state index contributed by atoms with van der Waals surface area (Å²) >= 11 is 3.47. The third kappa shape index (κ3) is 2.46. The maximum atomic E-state index is 12.8. The molecule has 6 heteroatoms. The maximum Gasteiger partial charge on any atom is 0.247 e. The van der Waals surface area contributed by atoms with Crippen LogP contribution in [0.2, 0.25) is 0 Å². The Kier molecular flexibility index (Phi) is 4.06. The third-order valence-corrected chi connectivity index (χ3v) is 6.89. The Hall–Kier alpha value is -1.95. The molecule has 26 heavy (non-hydrogen) atoms. The van der Waals surface area contributed by atoms with Crippen LogP contribution in [0, 0.1) is 37.5 Å². The predicted molar refractivity (Wildman–Crippen MR) is 101 cm³/mol. The molecule has 2 fully saturated rings. The summed E-state index contributed by atoms with van der Waals surface area (Å²) in [7, 11) is 0. The molecular formula is C20H21BrN2O3. The highest BCUT2D eigenvalue weighted by Crippen LogP contribution is 2.52. The van der Waals surface area contributed by atoms with E-state index < -0.39 is 6.04 Å². The van der Waals surface area contributed by atoms with Gasteiger partial charge in [-0.2, -0.15) is 0 Å². The van der Waals surface area contributed by atoms with Crippen LogP contribution in [0.15, 0.2) is 28.8 Å². The summed E-state index contributed by atoms with van der Waals surface area (Å²) in [6.07, 6.45) is 5.00. The van der Waals surface area contributed by atoms with E-state index in [9.17, 15) is 14.4 Å². The van der Waals surface area contributed by atoms with Gasteiger partial charge in [0.15, 0.2) is 0 Å². The van der Waals surface area contributed by atoms with E-state index >= 15 is 0 Å². The number of allylic oxidation sites excluding steroid dienone is 2. The average molecular weight is 417 g/mol. The fourth-order valence-electron chi connectivity index (χ4n) is 4.58. The number of carbonyl (C=O) groups excluding carboxylic acids is 3. The van der Waals surface area contributed by atoms with Gasteiger partial charge in [-0.1, -0.05) is 28.1 Å². The van der Waals surface area contributed by atoms with Gasteiger partial charge in [0.25, 0.3) is 0 Å². The number of imide groups is 1. The highest BCUT2D eigenvalue weighted by molar-refractivity contribution is 9.10. The number of aryl methyl sites for hydroxylation is 2. The molecule has 0 unspecified atom stereocenters. The van der Waals surface area contributed by atoms with Gasteiger partial charge in [-0.25, -0.2) is 0 Å². The number of anilines is 1. The Bertz CT molecular complexity index is 833. The third-order valence-electron chi connectivity index (χ3n) is 6.03. The zero-order valence-electron chi connectivity index (χ0n) is 15.0. The Morgan fingerprint density at radius 2 is 1.69 bits per heavy atom. The van der Waals surface area contributed by atoms with Crippen molar-refractivity contribution in [3.05, 3.63) is 39.9 Å². The van der Waals surface area contributed by atoms with Crippen LogP contribution in [-0.2, 0) is 14.4 Å². The van der Waals surface area contributed by atoms with Gasteiger partial charge in [0.2, 0.25) is 17.7 Å². The van der Waals surface area contributed by atoms with E-state index in [1.165, 1.54) is 4.90 Å². The van der Waals surface area contributed by atoms with E-state index in [-0.39, 0.29) is 41.4 Å². The zero-order valence-corrected chi connectivity index (χ0v) is 16.5. The highest BCUT2D eigenvalue weighted by atomic mass is 79.9. The van der Waals surface area contributed by atoms with Gasteiger partial charge < -0.3 is 5.32 Å². The molecule has 1 heterocycles. The van der Waals surface area contributed by atoms with E-state index in [4.69, 9.17) is 0 Å². The number of halogens is 1. The normalized spacial score (nSPS) is 30.1. The number of nitrogens with one attached hydrogen (secondary N) is 1. The topological polar surface area (TPSA) is 66.5 Å². The molecule has 0 aromatic heterocycles. The Balaban J connectivity index is 1.54. The number of likely N-dealkylation sites (tertiary alicyclic amines) is 1. The SMILES string of the molecule is Cc1cc(NC(=O)[C@H](C)N2C(=O)[C@H]3[C@H](C2=O)[C@H]2C=C[C@H]3C2)c(C)cc1Br. The molecule has 0 spiro atoms. The van der Waals surface area contributed by atoms with Gasteiger partial charge >= 0.3 is 0 Å². The first-order valence-electron chi connectivity index (χ1n) is 8.92. The quantitative estimate of drug-likeness (QED) is 0.607. The van der Waals surface area contributed by atoms with Crippen LogP contribution in [0.5, 0.6) is 0 Å². The first-order chi connectivity index (χ1) is 12.3. The minimum atomic E-state index is -0.816. The molecule has 1 N–H and O–H groups in total. The standard InChI is InChI=1S/C20H21BrN2O3/c1-9-7-15(10(2)6-14(9)21)22-18(24)11(3)23-19(25)16-12-4-5-13(8-12)17(16)20(23)26/h4-7,11-13,16-17H,8H2,1-3H3,(H,22,24)/t11-,12-,13-,16+,17+/m0/s1. The lowest BCUT2D eigenvalue weighted by molar-refractivity contribution is -0.146. The second-order valence-corrected chi connectivity index (χ2v) is 8.48. The van der Waals surface area contributed by atoms with Gasteiger partial charge in [0.05, 0.1) is 11.8 Å². The van der Waals surface area contributed by atoms with Crippen LogP contribution in [0.25, 0.3) is 0 Å². The lowest BCUT2D eigenvalue weighted by Gasteiger charge is -2.24. The predicted octanol–water partition coefficient (Wildman–Crippen LogP) is 3.20. The number of rotatable bonds is 3. The molecule has 1 aliphatic heterocycles. The maximum absolute atomic E-state index is 12.8. The van der Waals surface area contributed by atoms with Crippen molar-refractivity contribution < 1.29 is 14.4 Å². The molecule has 2 bridgehead atoms. The number of benzene rings is 1. The molecule has 2 aliphatic carbocycles. The first kappa shape index (κ1) is 17.5. The van der Waals surface area contributed by atoms with Crippen LogP contribution < -0.4 is 5.32 Å². The fraction of sp³-hybridized carbons (Fsp3) is 0.450. The van der Waals surface area contributed by atoms with Crippen molar-refractivity contribution in [2.24, 2.45) is 23.7 Å². The van der Waals surface area contributed by atoms with E-state index in [0.29, 0.717) is 5.69 Å². The summed E-state index contributed by atoms with van der Waals surface area (Å²) in [5, 5.41) is 2.88. The number of amides is 3. The lowest BCUT2D eigenvalue weighted by Crippen LogP contribution is -2.46. The molecule has 0 radical (unpaired) electrons. The Labute approximate surface area is 160 Å². The van der Waals surface area contributed by atoms with Crippen molar-refractivity contribution in [3.63, 3.8) is 0 Å². The van der Waals surface area contributed by atoms with E-state index in [1.54, 1.807) is 6.92 Å². The van der Waals surface area contributed by atoms with Crippen LogP contribution in [-0.4, -0.2) is 28.7 Å². The minimum absolute atomic E-state index is 0.151. The Morgan fingerprint density at radius 3 is 2.27 bits per heavy atom. The van der Waals surface area contributed by atoms with Crippen molar-refractivity contribution in [2.45, 2.75) is 33.2 Å². The summed E-state index contributed by atoms with van der Waals surface area (Å²) < 4.78 is 0.974. The van der Waals surface area contributed by atoms with E-state index in [2.05, 4.69) is 33.4 Å². The van der Waals surface area contributed by atoms with Gasteiger partial charge in [0.1, 0.15) is 6.04 Å². The van der Waals surface area contributed by atoms with E-state index in [0.717, 1.165) is 22.0 Å². The molecule has 3 aliphatic rings. The summed E-state index contributed by atoms with van der Waals surface area (Å²) in [5.41, 5.74) is 2.62. The number of hydrogen-bond donors (Lipinski definition) is 1. The summed E-state index contributed by atoms with van der Waals surface area (Å²) in [6, 6.07) is 3.01. The average Bonchev–Trinajstić information content (AvgIpc) is 3.26. The number of nitrogens with zero attached hydrogens (tertiary/aromatic N) is 1. The van der Waals surface area contributed by atoms with Crippen molar-refractivity contribution in [3.8, 4) is 0 Å². The smallest absolute Gasteiger partial charge is 0.247 e. The van der Waals surface area contributed by atoms with Crippen molar-refractivity contribution in [2.75, 3.05) is 5.32 Å². The molecule has 3 amide bonds. The second kappa shape index (κ2) is 6.05. The fourth-order valence-corrected chi connectivity index (χ4v) is 5.03. The number of carbonyl (C=O) groups is 3. The first-order valence-corrected chi connectivity index (χ1v) is 9.71. The van der Waals surface area contributed by atoms with Gasteiger partial charge in [0, 0.05) is 10.2 Å². The monoisotopic (exact) mass is 416 g/mol. The highest BCUT2D eigenvalue weighted by Gasteiger charge is 2.60. The second-order valence-electron chi connectivity index (χ2n) is 7.63. The van der Waals surface area contributed by atoms with Crippen LogP contribution in [0.4, 0.5) is 5.69 Å².